The maximum absolute atomic E-state index is 12.9. The third-order valence-electron chi connectivity index (χ3n) is 4.74. The van der Waals surface area contributed by atoms with Crippen molar-refractivity contribution in [1.82, 2.24) is 19.7 Å². The lowest BCUT2D eigenvalue weighted by atomic mass is 9.80. The highest BCUT2D eigenvalue weighted by Gasteiger charge is 2.44. The van der Waals surface area contributed by atoms with Crippen LogP contribution in [-0.2, 0) is 17.9 Å². The van der Waals surface area contributed by atoms with E-state index in [9.17, 15) is 18.0 Å². The van der Waals surface area contributed by atoms with Crippen LogP contribution < -0.4 is 0 Å². The van der Waals surface area contributed by atoms with Gasteiger partial charge in [-0.1, -0.05) is 6.42 Å². The van der Waals surface area contributed by atoms with E-state index in [1.165, 1.54) is 0 Å². The first-order chi connectivity index (χ1) is 10.4. The molecular weight excluding hydrogens is 297 g/mol. The van der Waals surface area contributed by atoms with E-state index >= 15 is 0 Å². The zero-order valence-corrected chi connectivity index (χ0v) is 12.4. The fourth-order valence-electron chi connectivity index (χ4n) is 3.46. The molecular formula is C14H19F3N4O. The summed E-state index contributed by atoms with van der Waals surface area (Å²) in [6, 6.07) is 0. The second-order valence-electron chi connectivity index (χ2n) is 6.18. The normalized spacial score (nSPS) is 25.9. The summed E-state index contributed by atoms with van der Waals surface area (Å²) in [6.45, 7) is 3.31. The largest absolute Gasteiger partial charge is 0.391 e. The quantitative estimate of drug-likeness (QED) is 0.799. The van der Waals surface area contributed by atoms with E-state index in [0.717, 1.165) is 5.82 Å². The Balaban J connectivity index is 1.67. The number of rotatable bonds is 1. The molecule has 3 rings (SSSR count). The topological polar surface area (TPSA) is 51.0 Å². The van der Waals surface area contributed by atoms with Gasteiger partial charge in [0.05, 0.1) is 12.5 Å². The molecule has 5 nitrogen and oxygen atoms in total. The second-order valence-corrected chi connectivity index (χ2v) is 6.18. The molecule has 8 heteroatoms. The standard InChI is InChI=1S/C14H19F3N4O/c1-9-18-19-12-8-20(5-6-21(9)12)13(22)10-3-2-4-11(7-10)14(15,16)17/h10-11H,2-8H2,1H3/t10-,11+/m1/s1. The van der Waals surface area contributed by atoms with Crippen LogP contribution in [0.1, 0.15) is 37.3 Å². The maximum Gasteiger partial charge on any atom is 0.391 e. The van der Waals surface area contributed by atoms with Crippen LogP contribution in [0.3, 0.4) is 0 Å². The lowest BCUT2D eigenvalue weighted by Crippen LogP contribution is -2.44. The van der Waals surface area contributed by atoms with Crippen molar-refractivity contribution >= 4 is 5.91 Å². The molecule has 2 aliphatic rings. The van der Waals surface area contributed by atoms with Crippen molar-refractivity contribution in [2.45, 2.75) is 51.9 Å². The zero-order valence-electron chi connectivity index (χ0n) is 12.4. The van der Waals surface area contributed by atoms with Crippen LogP contribution in [0.15, 0.2) is 0 Å². The summed E-state index contributed by atoms with van der Waals surface area (Å²) in [5.41, 5.74) is 0. The number of alkyl halides is 3. The van der Waals surface area contributed by atoms with Crippen LogP contribution in [0.2, 0.25) is 0 Å². The minimum atomic E-state index is -4.20. The van der Waals surface area contributed by atoms with Crippen molar-refractivity contribution in [2.24, 2.45) is 11.8 Å². The SMILES string of the molecule is Cc1nnc2n1CCN(C(=O)[C@@H]1CCC[C@H](C(F)(F)F)C1)C2. The van der Waals surface area contributed by atoms with Gasteiger partial charge in [0.25, 0.3) is 0 Å². The molecule has 1 aliphatic heterocycles. The van der Waals surface area contributed by atoms with Gasteiger partial charge in [0.15, 0.2) is 5.82 Å². The number of hydrogen-bond acceptors (Lipinski definition) is 3. The summed E-state index contributed by atoms with van der Waals surface area (Å²) in [5.74, 6) is -0.514. The van der Waals surface area contributed by atoms with Crippen LogP contribution >= 0.6 is 0 Å². The maximum atomic E-state index is 12.9. The third-order valence-corrected chi connectivity index (χ3v) is 4.74. The smallest absolute Gasteiger partial charge is 0.333 e. The lowest BCUT2D eigenvalue weighted by Gasteiger charge is -2.35. The highest BCUT2D eigenvalue weighted by Crippen LogP contribution is 2.40. The van der Waals surface area contributed by atoms with Gasteiger partial charge in [-0.3, -0.25) is 4.79 Å². The number of aromatic nitrogens is 3. The molecule has 0 aromatic carbocycles. The molecule has 0 unspecified atom stereocenters. The van der Waals surface area contributed by atoms with Crippen molar-refractivity contribution in [3.63, 3.8) is 0 Å². The number of carbonyl (C=O) groups is 1. The predicted octanol–water partition coefficient (Wildman–Crippen LogP) is 2.30. The third kappa shape index (κ3) is 2.83. The number of carbonyl (C=O) groups excluding carboxylic acids is 1. The number of aryl methyl sites for hydroxylation is 1. The average Bonchev–Trinajstić information content (AvgIpc) is 2.87. The Hall–Kier alpha value is -1.60. The van der Waals surface area contributed by atoms with Crippen LogP contribution in [0.4, 0.5) is 13.2 Å². The number of halogens is 3. The minimum absolute atomic E-state index is 0.0788. The van der Waals surface area contributed by atoms with Crippen molar-refractivity contribution in [3.05, 3.63) is 11.6 Å². The molecule has 0 spiro atoms. The van der Waals surface area contributed by atoms with Crippen molar-refractivity contribution in [3.8, 4) is 0 Å². The van der Waals surface area contributed by atoms with Crippen molar-refractivity contribution < 1.29 is 18.0 Å². The van der Waals surface area contributed by atoms with Gasteiger partial charge in [0, 0.05) is 19.0 Å². The lowest BCUT2D eigenvalue weighted by molar-refractivity contribution is -0.187. The molecule has 22 heavy (non-hydrogen) atoms. The van der Waals surface area contributed by atoms with Crippen molar-refractivity contribution in [1.29, 1.82) is 0 Å². The Bertz CT molecular complexity index is 569. The zero-order chi connectivity index (χ0) is 15.9. The molecule has 1 aliphatic carbocycles. The fourth-order valence-corrected chi connectivity index (χ4v) is 3.46. The van der Waals surface area contributed by atoms with E-state index in [-0.39, 0.29) is 18.7 Å². The van der Waals surface area contributed by atoms with E-state index in [1.54, 1.807) is 4.90 Å². The number of fused-ring (bicyclic) bond motifs is 1. The molecule has 0 radical (unpaired) electrons. The molecule has 2 heterocycles. The highest BCUT2D eigenvalue weighted by molar-refractivity contribution is 5.79. The van der Waals surface area contributed by atoms with Gasteiger partial charge < -0.3 is 9.47 Å². The Kier molecular flexibility index (Phi) is 3.86. The summed E-state index contributed by atoms with van der Waals surface area (Å²) < 4.78 is 40.6. The van der Waals surface area contributed by atoms with Crippen LogP contribution in [-0.4, -0.2) is 38.3 Å². The first-order valence-electron chi connectivity index (χ1n) is 7.60. The van der Waals surface area contributed by atoms with Gasteiger partial charge in [-0.2, -0.15) is 13.2 Å². The second kappa shape index (κ2) is 5.55. The number of nitrogens with zero attached hydrogens (tertiary/aromatic N) is 4. The number of hydrogen-bond donors (Lipinski definition) is 0. The molecule has 0 N–H and O–H groups in total. The first-order valence-corrected chi connectivity index (χ1v) is 7.60. The molecule has 1 amide bonds. The van der Waals surface area contributed by atoms with E-state index in [4.69, 9.17) is 0 Å². The van der Waals surface area contributed by atoms with Crippen LogP contribution in [0.25, 0.3) is 0 Å². The fraction of sp³-hybridized carbons (Fsp3) is 0.786. The van der Waals surface area contributed by atoms with Crippen LogP contribution in [0.5, 0.6) is 0 Å². The van der Waals surface area contributed by atoms with E-state index in [0.29, 0.717) is 38.3 Å². The minimum Gasteiger partial charge on any atom is -0.333 e. The summed E-state index contributed by atoms with van der Waals surface area (Å²) in [6.07, 6.45) is -3.12. The Morgan fingerprint density at radius 1 is 1.23 bits per heavy atom. The van der Waals surface area contributed by atoms with Gasteiger partial charge in [-0.25, -0.2) is 0 Å². The van der Waals surface area contributed by atoms with E-state index < -0.39 is 18.0 Å². The highest BCUT2D eigenvalue weighted by atomic mass is 19.4. The molecule has 0 saturated heterocycles. The van der Waals surface area contributed by atoms with Gasteiger partial charge in [-0.15, -0.1) is 10.2 Å². The molecule has 1 fully saturated rings. The number of amides is 1. The summed E-state index contributed by atoms with van der Waals surface area (Å²) >= 11 is 0. The Morgan fingerprint density at radius 3 is 2.73 bits per heavy atom. The Labute approximate surface area is 126 Å². The van der Waals surface area contributed by atoms with Crippen molar-refractivity contribution in [2.75, 3.05) is 6.54 Å². The van der Waals surface area contributed by atoms with Gasteiger partial charge >= 0.3 is 6.18 Å². The van der Waals surface area contributed by atoms with Gasteiger partial charge in [0.2, 0.25) is 5.91 Å². The van der Waals surface area contributed by atoms with E-state index in [2.05, 4.69) is 10.2 Å². The molecule has 1 aromatic rings. The van der Waals surface area contributed by atoms with E-state index in [1.807, 2.05) is 11.5 Å². The first kappa shape index (κ1) is 15.3. The monoisotopic (exact) mass is 316 g/mol. The van der Waals surface area contributed by atoms with Gasteiger partial charge in [0.1, 0.15) is 5.82 Å². The molecule has 2 atom stereocenters. The summed E-state index contributed by atoms with van der Waals surface area (Å²) in [7, 11) is 0. The molecule has 122 valence electrons. The molecule has 0 bridgehead atoms. The summed E-state index contributed by atoms with van der Waals surface area (Å²) in [4.78, 5) is 14.2. The molecule has 1 saturated carbocycles. The molecule has 1 aromatic heterocycles. The Morgan fingerprint density at radius 2 is 2.00 bits per heavy atom. The summed E-state index contributed by atoms with van der Waals surface area (Å²) in [5, 5.41) is 8.00. The van der Waals surface area contributed by atoms with Gasteiger partial charge in [-0.05, 0) is 26.2 Å². The van der Waals surface area contributed by atoms with Crippen LogP contribution in [0, 0.1) is 18.8 Å². The predicted molar refractivity (Wildman–Crippen MR) is 71.7 cm³/mol. The average molecular weight is 316 g/mol.